The van der Waals surface area contributed by atoms with Gasteiger partial charge in [0, 0.05) is 44.2 Å². The van der Waals surface area contributed by atoms with Gasteiger partial charge >= 0.3 is 0 Å². The highest BCUT2D eigenvalue weighted by molar-refractivity contribution is 8.01. The normalized spacial score (nSPS) is 19.4. The Morgan fingerprint density at radius 2 is 1.89 bits per heavy atom. The number of aryl methyl sites for hydroxylation is 1. The summed E-state index contributed by atoms with van der Waals surface area (Å²) in [5.74, 6) is -0.427. The van der Waals surface area contributed by atoms with E-state index in [-0.39, 0.29) is 66.7 Å². The quantitative estimate of drug-likeness (QED) is 0.269. The Balaban J connectivity index is 0.00000336. The van der Waals surface area contributed by atoms with Crippen LogP contribution in [0.15, 0.2) is 64.6 Å². The first-order valence-electron chi connectivity index (χ1n) is 11.8. The Hall–Kier alpha value is -2.13. The molecule has 38 heavy (non-hydrogen) atoms. The minimum absolute atomic E-state index is 0. The molecule has 3 aromatic rings. The van der Waals surface area contributed by atoms with Gasteiger partial charge in [0.05, 0.1) is 21.5 Å². The van der Waals surface area contributed by atoms with Gasteiger partial charge in [-0.05, 0) is 35.0 Å². The number of carbonyl (C=O) groups is 2. The van der Waals surface area contributed by atoms with Crippen LogP contribution in [0, 0.1) is 0 Å². The second kappa shape index (κ2) is 11.5. The molecule has 2 atom stereocenters. The van der Waals surface area contributed by atoms with Crippen LogP contribution < -0.4 is 39.2 Å². The number of benzene rings is 2. The van der Waals surface area contributed by atoms with Crippen LogP contribution in [0.5, 0.6) is 0 Å². The van der Waals surface area contributed by atoms with E-state index < -0.39 is 21.4 Å². The van der Waals surface area contributed by atoms with Crippen molar-refractivity contribution >= 4 is 61.7 Å². The molecule has 1 saturated heterocycles. The maximum atomic E-state index is 13.6. The van der Waals surface area contributed by atoms with Crippen LogP contribution in [0.2, 0.25) is 5.02 Å². The molecule has 0 bridgehead atoms. The van der Waals surface area contributed by atoms with Gasteiger partial charge in [0.1, 0.15) is 7.05 Å². The fraction of sp³-hybridized carbons (Fsp3) is 0.320. The molecular weight excluding hydrogens is 661 g/mol. The van der Waals surface area contributed by atoms with Gasteiger partial charge in [-0.3, -0.25) is 9.59 Å². The molecule has 2 aliphatic rings. The predicted molar refractivity (Wildman–Crippen MR) is 143 cm³/mol. The first-order chi connectivity index (χ1) is 17.7. The Morgan fingerprint density at radius 1 is 1.16 bits per heavy atom. The zero-order chi connectivity index (χ0) is 26.3. The SMILES string of the molecule is CNC(=O)CC1CN(S(=O)(=O)c2ccc3cc(Cl)ccc3c2)CCN1C(=O)C1Nc2cc[n+](C)cc2S1.[I-]. The Kier molecular flexibility index (Phi) is 8.77. The van der Waals surface area contributed by atoms with Gasteiger partial charge in [-0.25, -0.2) is 13.0 Å². The summed E-state index contributed by atoms with van der Waals surface area (Å²) in [5, 5.41) is 7.48. The Morgan fingerprint density at radius 3 is 2.66 bits per heavy atom. The lowest BCUT2D eigenvalue weighted by molar-refractivity contribution is -0.673. The summed E-state index contributed by atoms with van der Waals surface area (Å²) in [7, 11) is -0.406. The summed E-state index contributed by atoms with van der Waals surface area (Å²) in [6, 6.07) is 11.5. The lowest BCUT2D eigenvalue weighted by Crippen LogP contribution is -3.00. The lowest BCUT2D eigenvalue weighted by Gasteiger charge is -2.41. The highest BCUT2D eigenvalue weighted by Crippen LogP contribution is 2.38. The van der Waals surface area contributed by atoms with Crippen LogP contribution in [0.4, 0.5) is 5.69 Å². The Labute approximate surface area is 248 Å². The molecule has 9 nitrogen and oxygen atoms in total. The molecule has 2 N–H and O–H groups in total. The van der Waals surface area contributed by atoms with Gasteiger partial charge in [0.15, 0.2) is 17.8 Å². The number of fused-ring (bicyclic) bond motifs is 2. The Bertz CT molecular complexity index is 1510. The first kappa shape index (κ1) is 28.9. The number of rotatable bonds is 5. The summed E-state index contributed by atoms with van der Waals surface area (Å²) in [6.45, 7) is 0.349. The largest absolute Gasteiger partial charge is 1.00 e. The number of thioether (sulfide) groups is 1. The zero-order valence-corrected chi connectivity index (χ0v) is 25.3. The number of aromatic nitrogens is 1. The fourth-order valence-corrected chi connectivity index (χ4v) is 7.52. The van der Waals surface area contributed by atoms with E-state index in [0.717, 1.165) is 21.4 Å². The second-order valence-corrected chi connectivity index (χ2v) is 12.6. The van der Waals surface area contributed by atoms with Crippen molar-refractivity contribution in [3.8, 4) is 0 Å². The number of hydrogen-bond donors (Lipinski definition) is 2. The van der Waals surface area contributed by atoms with Gasteiger partial charge in [0.2, 0.25) is 15.9 Å². The van der Waals surface area contributed by atoms with E-state index in [2.05, 4.69) is 10.6 Å². The van der Waals surface area contributed by atoms with Crippen molar-refractivity contribution in [1.82, 2.24) is 14.5 Å². The van der Waals surface area contributed by atoms with Crippen molar-refractivity contribution in [2.45, 2.75) is 27.6 Å². The number of pyridine rings is 1. The second-order valence-electron chi connectivity index (χ2n) is 9.11. The third-order valence-electron chi connectivity index (χ3n) is 6.66. The van der Waals surface area contributed by atoms with E-state index in [0.29, 0.717) is 5.02 Å². The summed E-state index contributed by atoms with van der Waals surface area (Å²) in [5.41, 5.74) is 0.878. The fourth-order valence-electron chi connectivity index (χ4n) is 4.68. The zero-order valence-electron chi connectivity index (χ0n) is 20.7. The molecular formula is C25H27ClIN5O4S2. The molecule has 1 fully saturated rings. The van der Waals surface area contributed by atoms with E-state index in [4.69, 9.17) is 11.6 Å². The van der Waals surface area contributed by atoms with E-state index in [1.165, 1.54) is 23.1 Å². The van der Waals surface area contributed by atoms with Crippen molar-refractivity contribution in [2.75, 3.05) is 32.0 Å². The van der Waals surface area contributed by atoms with Crippen LogP contribution in [-0.2, 0) is 26.7 Å². The van der Waals surface area contributed by atoms with E-state index in [9.17, 15) is 18.0 Å². The minimum Gasteiger partial charge on any atom is -1.00 e. The monoisotopic (exact) mass is 687 g/mol. The molecule has 202 valence electrons. The average Bonchev–Trinajstić information content (AvgIpc) is 3.31. The number of amides is 2. The molecule has 0 radical (unpaired) electrons. The molecule has 0 saturated carbocycles. The lowest BCUT2D eigenvalue weighted by atomic mass is 10.1. The van der Waals surface area contributed by atoms with Crippen LogP contribution in [-0.4, -0.2) is 67.5 Å². The van der Waals surface area contributed by atoms with Gasteiger partial charge in [-0.1, -0.05) is 35.5 Å². The summed E-state index contributed by atoms with van der Waals surface area (Å²) >= 11 is 7.48. The topological polar surface area (TPSA) is 103 Å². The van der Waals surface area contributed by atoms with Crippen LogP contribution in [0.1, 0.15) is 6.42 Å². The average molecular weight is 688 g/mol. The number of halogens is 2. The molecule has 3 heterocycles. The maximum Gasteiger partial charge on any atom is 0.256 e. The van der Waals surface area contributed by atoms with Crippen molar-refractivity contribution in [2.24, 2.45) is 7.05 Å². The molecule has 1 aromatic heterocycles. The molecule has 2 aromatic carbocycles. The third-order valence-corrected chi connectivity index (χ3v) is 9.89. The summed E-state index contributed by atoms with van der Waals surface area (Å²) < 4.78 is 30.5. The number of hydrogen-bond acceptors (Lipinski definition) is 6. The highest BCUT2D eigenvalue weighted by Gasteiger charge is 2.41. The number of carbonyl (C=O) groups excluding carboxylic acids is 2. The third kappa shape index (κ3) is 5.74. The predicted octanol–water partition coefficient (Wildman–Crippen LogP) is -0.797. The minimum atomic E-state index is -3.85. The van der Waals surface area contributed by atoms with Crippen LogP contribution >= 0.6 is 23.4 Å². The van der Waals surface area contributed by atoms with Crippen molar-refractivity contribution in [3.63, 3.8) is 0 Å². The molecule has 2 aliphatic heterocycles. The number of anilines is 1. The van der Waals surface area contributed by atoms with E-state index >= 15 is 0 Å². The van der Waals surface area contributed by atoms with Gasteiger partial charge in [-0.2, -0.15) is 4.31 Å². The van der Waals surface area contributed by atoms with Crippen molar-refractivity contribution in [3.05, 3.63) is 59.9 Å². The molecule has 0 spiro atoms. The van der Waals surface area contributed by atoms with Crippen molar-refractivity contribution in [1.29, 1.82) is 0 Å². The summed E-state index contributed by atoms with van der Waals surface area (Å²) in [4.78, 5) is 28.7. The van der Waals surface area contributed by atoms with E-state index in [1.807, 2.05) is 30.1 Å². The van der Waals surface area contributed by atoms with Gasteiger partial charge in [0.25, 0.3) is 5.91 Å². The molecule has 2 amide bonds. The van der Waals surface area contributed by atoms with E-state index in [1.54, 1.807) is 41.3 Å². The molecule has 13 heteroatoms. The number of nitrogens with zero attached hydrogens (tertiary/aromatic N) is 3. The number of piperazine rings is 1. The standard InChI is InChI=1S/C25H26ClN5O4S2.HI/c1-27-23(32)13-19-14-30(37(34,35)20-6-4-16-11-18(26)5-3-17(16)12-20)9-10-31(19)25(33)24-28-21-7-8-29(2)15-22(21)36-24;/h3-8,11-12,15,19,24H,9-10,13-14H2,1-2H3,(H,27,32);1H. The smallest absolute Gasteiger partial charge is 0.256 e. The van der Waals surface area contributed by atoms with Crippen molar-refractivity contribution < 1.29 is 46.6 Å². The highest BCUT2D eigenvalue weighted by atomic mass is 127. The number of nitrogens with one attached hydrogen (secondary N) is 2. The summed E-state index contributed by atoms with van der Waals surface area (Å²) in [6.07, 6.45) is 3.85. The maximum absolute atomic E-state index is 13.6. The van der Waals surface area contributed by atoms with Crippen LogP contribution in [0.3, 0.4) is 0 Å². The van der Waals surface area contributed by atoms with Gasteiger partial charge < -0.3 is 39.5 Å². The number of sulfonamides is 1. The van der Waals surface area contributed by atoms with Crippen LogP contribution in [0.25, 0.3) is 10.8 Å². The molecule has 0 aliphatic carbocycles. The first-order valence-corrected chi connectivity index (χ1v) is 14.5. The molecule has 5 rings (SSSR count). The van der Waals surface area contributed by atoms with Gasteiger partial charge in [-0.15, -0.1) is 0 Å². The molecule has 2 unspecified atom stereocenters.